The fourth-order valence-electron chi connectivity index (χ4n) is 1.81. The Balaban J connectivity index is 2.37. The van der Waals surface area contributed by atoms with Gasteiger partial charge in [0.25, 0.3) is 0 Å². The molecule has 1 atom stereocenters. The van der Waals surface area contributed by atoms with E-state index in [-0.39, 0.29) is 5.92 Å². The normalized spacial score (nSPS) is 21.8. The van der Waals surface area contributed by atoms with Crippen LogP contribution in [0.4, 0.5) is 0 Å². The Morgan fingerprint density at radius 1 is 1.67 bits per heavy atom. The molecule has 0 saturated heterocycles. The predicted octanol–water partition coefficient (Wildman–Crippen LogP) is 1.45. The van der Waals surface area contributed by atoms with Crippen LogP contribution >= 0.6 is 0 Å². The van der Waals surface area contributed by atoms with E-state index in [1.165, 1.54) is 0 Å². The van der Waals surface area contributed by atoms with Crippen molar-refractivity contribution in [1.82, 2.24) is 4.57 Å². The third-order valence-electron chi connectivity index (χ3n) is 2.41. The van der Waals surface area contributed by atoms with E-state index in [1.54, 1.807) is 0 Å². The first-order valence-electron chi connectivity index (χ1n) is 4.17. The van der Waals surface area contributed by atoms with E-state index in [0.29, 0.717) is 0 Å². The van der Waals surface area contributed by atoms with Gasteiger partial charge in [-0.2, -0.15) is 0 Å². The number of aromatic nitrogens is 1. The molecule has 1 aliphatic heterocycles. The molecule has 1 N–H and O–H groups in total. The molecule has 12 heavy (non-hydrogen) atoms. The Kier molecular flexibility index (Phi) is 1.64. The van der Waals surface area contributed by atoms with E-state index in [2.05, 4.69) is 0 Å². The van der Waals surface area contributed by atoms with Gasteiger partial charge >= 0.3 is 5.97 Å². The minimum absolute atomic E-state index is 0.284. The van der Waals surface area contributed by atoms with Gasteiger partial charge in [0.15, 0.2) is 0 Å². The Morgan fingerprint density at radius 2 is 2.50 bits per heavy atom. The third kappa shape index (κ3) is 1.02. The summed E-state index contributed by atoms with van der Waals surface area (Å²) in [6.07, 6.45) is 3.70. The molecule has 64 valence electrons. The van der Waals surface area contributed by atoms with Crippen LogP contribution in [0.15, 0.2) is 18.3 Å². The molecule has 0 amide bonds. The molecule has 0 fully saturated rings. The van der Waals surface area contributed by atoms with E-state index in [0.717, 1.165) is 25.1 Å². The minimum atomic E-state index is -0.699. The van der Waals surface area contributed by atoms with Crippen molar-refractivity contribution >= 4 is 5.97 Å². The quantitative estimate of drug-likeness (QED) is 0.684. The van der Waals surface area contributed by atoms with Crippen molar-refractivity contribution in [1.29, 1.82) is 0 Å². The van der Waals surface area contributed by atoms with Crippen LogP contribution < -0.4 is 0 Å². The maximum absolute atomic E-state index is 10.8. The molecule has 2 heterocycles. The van der Waals surface area contributed by atoms with Gasteiger partial charge in [0.05, 0.1) is 5.92 Å². The van der Waals surface area contributed by atoms with Crippen molar-refractivity contribution in [3.05, 3.63) is 24.0 Å². The first-order valence-corrected chi connectivity index (χ1v) is 4.17. The smallest absolute Gasteiger partial charge is 0.312 e. The topological polar surface area (TPSA) is 42.2 Å². The van der Waals surface area contributed by atoms with Crippen molar-refractivity contribution in [2.24, 2.45) is 0 Å². The second kappa shape index (κ2) is 2.66. The summed E-state index contributed by atoms with van der Waals surface area (Å²) in [6.45, 7) is 0.964. The predicted molar refractivity (Wildman–Crippen MR) is 44.0 cm³/mol. The van der Waals surface area contributed by atoms with E-state index in [1.807, 2.05) is 22.9 Å². The molecule has 0 aromatic carbocycles. The Hall–Kier alpha value is -1.25. The van der Waals surface area contributed by atoms with Crippen molar-refractivity contribution in [3.8, 4) is 0 Å². The van der Waals surface area contributed by atoms with Crippen LogP contribution in [0, 0.1) is 0 Å². The van der Waals surface area contributed by atoms with Gasteiger partial charge in [0, 0.05) is 18.4 Å². The molecule has 0 saturated carbocycles. The largest absolute Gasteiger partial charge is 0.481 e. The maximum Gasteiger partial charge on any atom is 0.312 e. The van der Waals surface area contributed by atoms with E-state index in [4.69, 9.17) is 5.11 Å². The zero-order chi connectivity index (χ0) is 8.55. The highest BCUT2D eigenvalue weighted by Gasteiger charge is 2.25. The SMILES string of the molecule is O=C(O)C1CCCn2cccc21. The van der Waals surface area contributed by atoms with Crippen LogP contribution in [0.25, 0.3) is 0 Å². The average molecular weight is 165 g/mol. The highest BCUT2D eigenvalue weighted by molar-refractivity contribution is 5.75. The van der Waals surface area contributed by atoms with Gasteiger partial charge in [-0.3, -0.25) is 4.79 Å². The molecule has 3 heteroatoms. The highest BCUT2D eigenvalue weighted by Crippen LogP contribution is 2.27. The second-order valence-corrected chi connectivity index (χ2v) is 3.16. The third-order valence-corrected chi connectivity index (χ3v) is 2.41. The highest BCUT2D eigenvalue weighted by atomic mass is 16.4. The van der Waals surface area contributed by atoms with Crippen LogP contribution in [0.5, 0.6) is 0 Å². The summed E-state index contributed by atoms with van der Waals surface area (Å²) in [5, 5.41) is 8.89. The van der Waals surface area contributed by atoms with Gasteiger partial charge in [-0.05, 0) is 25.0 Å². The maximum atomic E-state index is 10.8. The molecule has 1 aromatic rings. The van der Waals surface area contributed by atoms with Crippen molar-refractivity contribution in [3.63, 3.8) is 0 Å². The summed E-state index contributed by atoms with van der Waals surface area (Å²) >= 11 is 0. The number of aryl methyl sites for hydroxylation is 1. The number of hydrogen-bond donors (Lipinski definition) is 1. The summed E-state index contributed by atoms with van der Waals surface area (Å²) in [5.74, 6) is -0.983. The molecule has 3 nitrogen and oxygen atoms in total. The Morgan fingerprint density at radius 3 is 3.25 bits per heavy atom. The standard InChI is InChI=1S/C9H11NO2/c11-9(12)7-3-1-5-10-6-2-4-8(7)10/h2,4,6-7H,1,3,5H2,(H,11,12). The number of carbonyl (C=O) groups is 1. The first-order chi connectivity index (χ1) is 5.79. The zero-order valence-corrected chi connectivity index (χ0v) is 6.73. The van der Waals surface area contributed by atoms with Crippen molar-refractivity contribution in [2.45, 2.75) is 25.3 Å². The number of carboxylic acid groups (broad SMARTS) is 1. The fraction of sp³-hybridized carbons (Fsp3) is 0.444. The van der Waals surface area contributed by atoms with E-state index < -0.39 is 5.97 Å². The first kappa shape index (κ1) is 7.40. The van der Waals surface area contributed by atoms with Gasteiger partial charge in [-0.1, -0.05) is 0 Å². The number of carboxylic acids is 1. The Bertz CT molecular complexity index is 303. The van der Waals surface area contributed by atoms with Gasteiger partial charge in [-0.25, -0.2) is 0 Å². The summed E-state index contributed by atoms with van der Waals surface area (Å²) in [6, 6.07) is 3.81. The van der Waals surface area contributed by atoms with Crippen LogP contribution in [0.2, 0.25) is 0 Å². The van der Waals surface area contributed by atoms with Crippen LogP contribution in [-0.2, 0) is 11.3 Å². The summed E-state index contributed by atoms with van der Waals surface area (Å²) in [4.78, 5) is 10.8. The number of rotatable bonds is 1. The monoisotopic (exact) mass is 165 g/mol. The second-order valence-electron chi connectivity index (χ2n) is 3.16. The summed E-state index contributed by atoms with van der Waals surface area (Å²) < 4.78 is 2.03. The lowest BCUT2D eigenvalue weighted by atomic mass is 9.96. The lowest BCUT2D eigenvalue weighted by Gasteiger charge is -2.21. The lowest BCUT2D eigenvalue weighted by molar-refractivity contribution is -0.139. The van der Waals surface area contributed by atoms with Crippen LogP contribution in [0.1, 0.15) is 24.5 Å². The molecule has 1 aliphatic rings. The lowest BCUT2D eigenvalue weighted by Crippen LogP contribution is -2.20. The van der Waals surface area contributed by atoms with Gasteiger partial charge < -0.3 is 9.67 Å². The number of fused-ring (bicyclic) bond motifs is 1. The molecule has 2 rings (SSSR count). The fourth-order valence-corrected chi connectivity index (χ4v) is 1.81. The summed E-state index contributed by atoms with van der Waals surface area (Å²) in [5.41, 5.74) is 0.953. The van der Waals surface area contributed by atoms with Gasteiger partial charge in [0.2, 0.25) is 0 Å². The summed E-state index contributed by atoms with van der Waals surface area (Å²) in [7, 11) is 0. The molecule has 0 bridgehead atoms. The molecule has 1 aromatic heterocycles. The number of nitrogens with zero attached hydrogens (tertiary/aromatic N) is 1. The zero-order valence-electron chi connectivity index (χ0n) is 6.73. The van der Waals surface area contributed by atoms with Gasteiger partial charge in [0.1, 0.15) is 0 Å². The van der Waals surface area contributed by atoms with Crippen molar-refractivity contribution in [2.75, 3.05) is 0 Å². The number of aliphatic carboxylic acids is 1. The molecule has 0 spiro atoms. The van der Waals surface area contributed by atoms with Crippen LogP contribution in [0.3, 0.4) is 0 Å². The molecule has 0 aliphatic carbocycles. The van der Waals surface area contributed by atoms with Crippen molar-refractivity contribution < 1.29 is 9.90 Å². The minimum Gasteiger partial charge on any atom is -0.481 e. The molecule has 1 unspecified atom stereocenters. The Labute approximate surface area is 70.6 Å². The molecular weight excluding hydrogens is 154 g/mol. The molecular formula is C9H11NO2. The van der Waals surface area contributed by atoms with E-state index in [9.17, 15) is 4.79 Å². The average Bonchev–Trinajstić information content (AvgIpc) is 2.49. The van der Waals surface area contributed by atoms with Gasteiger partial charge in [-0.15, -0.1) is 0 Å². The van der Waals surface area contributed by atoms with E-state index >= 15 is 0 Å². The number of hydrogen-bond acceptors (Lipinski definition) is 1. The molecule has 0 radical (unpaired) electrons. The van der Waals surface area contributed by atoms with Crippen LogP contribution in [-0.4, -0.2) is 15.6 Å².